The Morgan fingerprint density at radius 3 is 2.65 bits per heavy atom. The third kappa shape index (κ3) is 3.40. The zero-order chi connectivity index (χ0) is 14.4. The minimum Gasteiger partial charge on any atom is -0.493 e. The molecule has 2 rings (SSSR count). The Morgan fingerprint density at radius 1 is 1.15 bits per heavy atom. The average Bonchev–Trinajstić information content (AvgIpc) is 2.95. The second-order valence-electron chi connectivity index (χ2n) is 4.02. The molecule has 0 aliphatic rings. The predicted molar refractivity (Wildman–Crippen MR) is 81.0 cm³/mol. The Morgan fingerprint density at radius 2 is 1.95 bits per heavy atom. The Bertz CT molecular complexity index is 557. The van der Waals surface area contributed by atoms with Crippen molar-refractivity contribution in [3.8, 4) is 21.9 Å². The molecule has 0 spiro atoms. The smallest absolute Gasteiger partial charge is 0.183 e. The molecule has 2 aromatic rings. The largest absolute Gasteiger partial charge is 0.493 e. The molecule has 0 aliphatic carbocycles. The van der Waals surface area contributed by atoms with Crippen molar-refractivity contribution in [3.05, 3.63) is 24.4 Å². The molecule has 0 aliphatic heterocycles. The number of benzene rings is 1. The number of methoxy groups -OCH3 is 3. The van der Waals surface area contributed by atoms with Gasteiger partial charge in [0, 0.05) is 19.9 Å². The molecule has 0 saturated heterocycles. The van der Waals surface area contributed by atoms with Crippen molar-refractivity contribution in [1.82, 2.24) is 4.98 Å². The van der Waals surface area contributed by atoms with Gasteiger partial charge in [-0.25, -0.2) is 4.98 Å². The summed E-state index contributed by atoms with van der Waals surface area (Å²) in [5.41, 5.74) is 1.06. The Balaban J connectivity index is 2.15. The number of hydrogen-bond acceptors (Lipinski definition) is 6. The molecule has 1 aromatic heterocycles. The summed E-state index contributed by atoms with van der Waals surface area (Å²) in [5, 5.41) is 4.09. The molecule has 6 heteroatoms. The van der Waals surface area contributed by atoms with Gasteiger partial charge >= 0.3 is 0 Å². The first-order valence-electron chi connectivity index (χ1n) is 6.19. The number of ether oxygens (including phenoxy) is 3. The molecule has 1 N–H and O–H groups in total. The monoisotopic (exact) mass is 294 g/mol. The van der Waals surface area contributed by atoms with Crippen LogP contribution in [0, 0.1) is 0 Å². The quantitative estimate of drug-likeness (QED) is 0.796. The summed E-state index contributed by atoms with van der Waals surface area (Å²) in [6.07, 6.45) is 1.85. The highest BCUT2D eigenvalue weighted by Crippen LogP contribution is 2.35. The molecular weight excluding hydrogens is 276 g/mol. The van der Waals surface area contributed by atoms with Crippen molar-refractivity contribution in [2.75, 3.05) is 39.8 Å². The summed E-state index contributed by atoms with van der Waals surface area (Å²) in [7, 11) is 4.94. The van der Waals surface area contributed by atoms with Crippen LogP contribution in [0.1, 0.15) is 0 Å². The minimum atomic E-state index is 0.658. The molecule has 1 aromatic carbocycles. The SMILES string of the molecule is COCCNc1ncc(-c2ccc(OC)c(OC)c2)s1. The van der Waals surface area contributed by atoms with Crippen molar-refractivity contribution >= 4 is 16.5 Å². The van der Waals surface area contributed by atoms with E-state index in [1.54, 1.807) is 32.7 Å². The number of rotatable bonds is 7. The summed E-state index contributed by atoms with van der Waals surface area (Å²) >= 11 is 1.59. The van der Waals surface area contributed by atoms with Crippen molar-refractivity contribution in [2.24, 2.45) is 0 Å². The van der Waals surface area contributed by atoms with E-state index in [4.69, 9.17) is 14.2 Å². The fourth-order valence-corrected chi connectivity index (χ4v) is 2.58. The van der Waals surface area contributed by atoms with Crippen LogP contribution in [0.3, 0.4) is 0 Å². The fourth-order valence-electron chi connectivity index (χ4n) is 1.74. The van der Waals surface area contributed by atoms with E-state index in [-0.39, 0.29) is 0 Å². The summed E-state index contributed by atoms with van der Waals surface area (Å²) in [5.74, 6) is 1.44. The van der Waals surface area contributed by atoms with E-state index in [9.17, 15) is 0 Å². The topological polar surface area (TPSA) is 52.6 Å². The molecule has 0 bridgehead atoms. The lowest BCUT2D eigenvalue weighted by molar-refractivity contribution is 0.211. The van der Waals surface area contributed by atoms with E-state index in [2.05, 4.69) is 10.3 Å². The molecule has 0 fully saturated rings. The molecule has 0 radical (unpaired) electrons. The molecule has 0 saturated carbocycles. The van der Waals surface area contributed by atoms with E-state index < -0.39 is 0 Å². The van der Waals surface area contributed by atoms with Gasteiger partial charge in [-0.3, -0.25) is 0 Å². The van der Waals surface area contributed by atoms with Crippen LogP contribution in [0.4, 0.5) is 5.13 Å². The van der Waals surface area contributed by atoms with Crippen LogP contribution < -0.4 is 14.8 Å². The molecule has 108 valence electrons. The number of nitrogens with zero attached hydrogens (tertiary/aromatic N) is 1. The third-order valence-corrected chi connectivity index (χ3v) is 3.76. The number of thiazole rings is 1. The van der Waals surface area contributed by atoms with Gasteiger partial charge in [-0.05, 0) is 23.8 Å². The van der Waals surface area contributed by atoms with Gasteiger partial charge < -0.3 is 19.5 Å². The van der Waals surface area contributed by atoms with Gasteiger partial charge in [-0.15, -0.1) is 0 Å². The summed E-state index contributed by atoms with van der Waals surface area (Å²) in [6.45, 7) is 1.40. The van der Waals surface area contributed by atoms with Crippen LogP contribution in [0.5, 0.6) is 11.5 Å². The number of anilines is 1. The highest BCUT2D eigenvalue weighted by atomic mass is 32.1. The van der Waals surface area contributed by atoms with E-state index in [0.29, 0.717) is 12.4 Å². The maximum Gasteiger partial charge on any atom is 0.183 e. The second-order valence-corrected chi connectivity index (χ2v) is 5.05. The van der Waals surface area contributed by atoms with Gasteiger partial charge in [0.15, 0.2) is 16.6 Å². The van der Waals surface area contributed by atoms with Crippen LogP contribution in [-0.2, 0) is 4.74 Å². The van der Waals surface area contributed by atoms with Gasteiger partial charge in [0.05, 0.1) is 25.7 Å². The van der Waals surface area contributed by atoms with Crippen molar-refractivity contribution in [1.29, 1.82) is 0 Å². The average molecular weight is 294 g/mol. The standard InChI is InChI=1S/C14H18N2O3S/c1-17-7-6-15-14-16-9-13(20-14)10-4-5-11(18-2)12(8-10)19-3/h4-5,8-9H,6-7H2,1-3H3,(H,15,16). The van der Waals surface area contributed by atoms with Gasteiger partial charge in [0.25, 0.3) is 0 Å². The first-order chi connectivity index (χ1) is 9.78. The Kier molecular flexibility index (Phi) is 5.20. The molecule has 0 atom stereocenters. The molecule has 5 nitrogen and oxygen atoms in total. The highest BCUT2D eigenvalue weighted by molar-refractivity contribution is 7.18. The normalized spacial score (nSPS) is 10.3. The van der Waals surface area contributed by atoms with Crippen molar-refractivity contribution < 1.29 is 14.2 Å². The highest BCUT2D eigenvalue weighted by Gasteiger charge is 2.09. The number of hydrogen-bond donors (Lipinski definition) is 1. The molecule has 0 amide bonds. The van der Waals surface area contributed by atoms with Crippen LogP contribution in [0.25, 0.3) is 10.4 Å². The predicted octanol–water partition coefficient (Wildman–Crippen LogP) is 2.89. The summed E-state index contributed by atoms with van der Waals surface area (Å²) in [4.78, 5) is 5.42. The second kappa shape index (κ2) is 7.12. The molecule has 0 unspecified atom stereocenters. The zero-order valence-corrected chi connectivity index (χ0v) is 12.6. The first kappa shape index (κ1) is 14.6. The maximum atomic E-state index is 5.31. The van der Waals surface area contributed by atoms with Crippen LogP contribution in [0.15, 0.2) is 24.4 Å². The van der Waals surface area contributed by atoms with Crippen LogP contribution >= 0.6 is 11.3 Å². The van der Waals surface area contributed by atoms with Crippen LogP contribution in [0.2, 0.25) is 0 Å². The Hall–Kier alpha value is -1.79. The van der Waals surface area contributed by atoms with Crippen LogP contribution in [-0.4, -0.2) is 39.5 Å². The first-order valence-corrected chi connectivity index (χ1v) is 7.01. The van der Waals surface area contributed by atoms with Crippen molar-refractivity contribution in [2.45, 2.75) is 0 Å². The van der Waals surface area contributed by atoms with Gasteiger partial charge in [-0.1, -0.05) is 11.3 Å². The lowest BCUT2D eigenvalue weighted by Crippen LogP contribution is -2.06. The van der Waals surface area contributed by atoms with Gasteiger partial charge in [-0.2, -0.15) is 0 Å². The van der Waals surface area contributed by atoms with Gasteiger partial charge in [0.1, 0.15) is 0 Å². The van der Waals surface area contributed by atoms with E-state index >= 15 is 0 Å². The number of aromatic nitrogens is 1. The molecule has 1 heterocycles. The molecular formula is C14H18N2O3S. The zero-order valence-electron chi connectivity index (χ0n) is 11.8. The fraction of sp³-hybridized carbons (Fsp3) is 0.357. The van der Waals surface area contributed by atoms with Gasteiger partial charge in [0.2, 0.25) is 0 Å². The Labute approximate surface area is 122 Å². The summed E-state index contributed by atoms with van der Waals surface area (Å²) < 4.78 is 15.5. The van der Waals surface area contributed by atoms with E-state index in [1.807, 2.05) is 24.4 Å². The third-order valence-electron chi connectivity index (χ3n) is 2.76. The van der Waals surface area contributed by atoms with Crippen molar-refractivity contribution in [3.63, 3.8) is 0 Å². The lowest BCUT2D eigenvalue weighted by Gasteiger charge is -2.08. The lowest BCUT2D eigenvalue weighted by atomic mass is 10.2. The van der Waals surface area contributed by atoms with E-state index in [1.165, 1.54) is 0 Å². The number of nitrogens with one attached hydrogen (secondary N) is 1. The molecule has 20 heavy (non-hydrogen) atoms. The maximum absolute atomic E-state index is 5.31. The summed E-state index contributed by atoms with van der Waals surface area (Å²) in [6, 6.07) is 5.84. The minimum absolute atomic E-state index is 0.658. The van der Waals surface area contributed by atoms with E-state index in [0.717, 1.165) is 27.9 Å².